The van der Waals surface area contributed by atoms with Crippen molar-refractivity contribution in [3.05, 3.63) is 121 Å². The van der Waals surface area contributed by atoms with E-state index in [1.165, 1.54) is 7.11 Å². The smallest absolute Gasteiger partial charge is 0.309 e. The van der Waals surface area contributed by atoms with Gasteiger partial charge in [0.2, 0.25) is 0 Å². The molecule has 4 aromatic carbocycles. The Morgan fingerprint density at radius 3 is 2.10 bits per heavy atom. The second kappa shape index (κ2) is 13.7. The van der Waals surface area contributed by atoms with Crippen LogP contribution < -0.4 is 9.47 Å². The van der Waals surface area contributed by atoms with Crippen LogP contribution in [-0.2, 0) is 16.0 Å². The summed E-state index contributed by atoms with van der Waals surface area (Å²) in [7, 11) is 2.94. The fourth-order valence-electron chi connectivity index (χ4n) is 4.19. The first kappa shape index (κ1) is 30.1. The third-order valence-electron chi connectivity index (χ3n) is 6.29. The molecular formula is C34H28Br2O5. The summed E-state index contributed by atoms with van der Waals surface area (Å²) in [6, 6.07) is 24.1. The number of hydrogen-bond acceptors (Lipinski definition) is 5. The second-order valence-electron chi connectivity index (χ2n) is 9.51. The van der Waals surface area contributed by atoms with Crippen molar-refractivity contribution in [2.24, 2.45) is 0 Å². The Balaban J connectivity index is 1.76. The highest BCUT2D eigenvalue weighted by Crippen LogP contribution is 2.42. The Bertz CT molecular complexity index is 1630. The molecule has 0 unspecified atom stereocenters. The average Bonchev–Trinajstić information content (AvgIpc) is 2.97. The highest BCUT2D eigenvalue weighted by atomic mass is 79.9. The predicted molar refractivity (Wildman–Crippen MR) is 167 cm³/mol. The van der Waals surface area contributed by atoms with Crippen LogP contribution in [0.5, 0.6) is 17.2 Å². The number of rotatable bonds is 8. The van der Waals surface area contributed by atoms with Gasteiger partial charge in [-0.15, -0.1) is 0 Å². The van der Waals surface area contributed by atoms with E-state index >= 15 is 0 Å². The van der Waals surface area contributed by atoms with Crippen molar-refractivity contribution in [3.63, 3.8) is 0 Å². The van der Waals surface area contributed by atoms with E-state index < -0.39 is 0 Å². The first-order valence-corrected chi connectivity index (χ1v) is 14.4. The van der Waals surface area contributed by atoms with Gasteiger partial charge >= 0.3 is 5.97 Å². The molecule has 0 radical (unpaired) electrons. The van der Waals surface area contributed by atoms with E-state index in [4.69, 9.17) is 14.2 Å². The summed E-state index contributed by atoms with van der Waals surface area (Å²) in [6.07, 6.45) is 0.112. The van der Waals surface area contributed by atoms with Crippen LogP contribution >= 0.6 is 31.9 Å². The number of hydrogen-bond donors (Lipinski definition) is 0. The number of carbonyl (C=O) groups is 2. The molecule has 0 aliphatic carbocycles. The summed E-state index contributed by atoms with van der Waals surface area (Å²) in [5.74, 6) is 7.26. The van der Waals surface area contributed by atoms with Gasteiger partial charge in [0.25, 0.3) is 0 Å². The van der Waals surface area contributed by atoms with Crippen LogP contribution in [0.25, 0.3) is 0 Å². The van der Waals surface area contributed by atoms with Gasteiger partial charge in [0, 0.05) is 22.3 Å². The fourth-order valence-corrected chi connectivity index (χ4v) is 5.63. The third kappa shape index (κ3) is 7.46. The van der Waals surface area contributed by atoms with Crippen LogP contribution in [0.4, 0.5) is 0 Å². The topological polar surface area (TPSA) is 61.8 Å². The van der Waals surface area contributed by atoms with Gasteiger partial charge in [-0.25, -0.2) is 0 Å². The maximum absolute atomic E-state index is 14.0. The van der Waals surface area contributed by atoms with Gasteiger partial charge < -0.3 is 14.2 Å². The molecule has 0 saturated heterocycles. The van der Waals surface area contributed by atoms with Gasteiger partial charge in [-0.05, 0) is 91.9 Å². The Morgan fingerprint density at radius 1 is 0.805 bits per heavy atom. The van der Waals surface area contributed by atoms with Gasteiger partial charge in [-0.3, -0.25) is 9.59 Å². The maximum atomic E-state index is 14.0. The van der Waals surface area contributed by atoms with Gasteiger partial charge in [0.1, 0.15) is 11.5 Å². The van der Waals surface area contributed by atoms with Gasteiger partial charge in [0.15, 0.2) is 11.5 Å². The number of carbonyl (C=O) groups excluding carboxylic acids is 2. The number of ketones is 1. The second-order valence-corrected chi connectivity index (χ2v) is 11.2. The van der Waals surface area contributed by atoms with E-state index in [1.54, 1.807) is 37.4 Å². The lowest BCUT2D eigenvalue weighted by molar-refractivity contribution is -0.139. The van der Waals surface area contributed by atoms with Crippen LogP contribution in [0.2, 0.25) is 0 Å². The molecule has 0 aliphatic rings. The van der Waals surface area contributed by atoms with E-state index in [0.29, 0.717) is 37.3 Å². The van der Waals surface area contributed by atoms with Crippen molar-refractivity contribution < 1.29 is 23.8 Å². The molecule has 0 saturated carbocycles. The summed E-state index contributed by atoms with van der Waals surface area (Å²) < 4.78 is 18.1. The highest BCUT2D eigenvalue weighted by molar-refractivity contribution is 9.11. The zero-order valence-electron chi connectivity index (χ0n) is 23.1. The number of benzene rings is 4. The third-order valence-corrected chi connectivity index (χ3v) is 7.47. The number of esters is 1. The van der Waals surface area contributed by atoms with Crippen LogP contribution in [0.3, 0.4) is 0 Å². The maximum Gasteiger partial charge on any atom is 0.309 e. The summed E-state index contributed by atoms with van der Waals surface area (Å²) in [4.78, 5) is 25.7. The number of methoxy groups -OCH3 is 2. The van der Waals surface area contributed by atoms with Crippen molar-refractivity contribution in [1.29, 1.82) is 0 Å². The lowest BCUT2D eigenvalue weighted by Gasteiger charge is -2.19. The van der Waals surface area contributed by atoms with Crippen LogP contribution in [-0.4, -0.2) is 26.0 Å². The zero-order chi connectivity index (χ0) is 29.5. The lowest BCUT2D eigenvalue weighted by Crippen LogP contribution is -2.07. The van der Waals surface area contributed by atoms with Crippen LogP contribution in [0.1, 0.15) is 57.9 Å². The molecule has 7 heteroatoms. The SMILES string of the molecule is COC(=O)Cc1cc(Br)c(Oc2cc(C(C)C)c(OC)cc2C(=O)c2cccc(C#Cc3ccccc3)c2)c(Br)c1. The quantitative estimate of drug-likeness (QED) is 0.107. The molecule has 0 heterocycles. The Labute approximate surface area is 257 Å². The largest absolute Gasteiger partial charge is 0.496 e. The first-order valence-electron chi connectivity index (χ1n) is 12.9. The van der Waals surface area contributed by atoms with E-state index in [0.717, 1.165) is 22.3 Å². The van der Waals surface area contributed by atoms with Gasteiger partial charge in [0.05, 0.1) is 35.1 Å². The molecule has 4 aromatic rings. The van der Waals surface area contributed by atoms with E-state index in [2.05, 4.69) is 43.7 Å². The molecule has 5 nitrogen and oxygen atoms in total. The van der Waals surface area contributed by atoms with Gasteiger partial charge in [-0.2, -0.15) is 0 Å². The van der Waals surface area contributed by atoms with E-state index in [9.17, 15) is 9.59 Å². The minimum Gasteiger partial charge on any atom is -0.496 e. The molecule has 41 heavy (non-hydrogen) atoms. The molecule has 4 rings (SSSR count). The Hall–Kier alpha value is -3.86. The molecule has 0 spiro atoms. The van der Waals surface area contributed by atoms with Gasteiger partial charge in [-0.1, -0.05) is 56.0 Å². The van der Waals surface area contributed by atoms with E-state index in [-0.39, 0.29) is 24.1 Å². The molecule has 0 aromatic heterocycles. The normalized spacial score (nSPS) is 10.5. The molecule has 208 valence electrons. The van der Waals surface area contributed by atoms with Crippen molar-refractivity contribution in [2.45, 2.75) is 26.2 Å². The van der Waals surface area contributed by atoms with Crippen molar-refractivity contribution in [1.82, 2.24) is 0 Å². The van der Waals surface area contributed by atoms with Crippen molar-refractivity contribution in [3.8, 4) is 29.1 Å². The molecule has 0 bridgehead atoms. The molecule has 0 amide bonds. The van der Waals surface area contributed by atoms with Crippen molar-refractivity contribution >= 4 is 43.6 Å². The lowest BCUT2D eigenvalue weighted by atomic mass is 9.95. The fraction of sp³-hybridized carbons (Fsp3) is 0.176. The van der Waals surface area contributed by atoms with Crippen LogP contribution in [0.15, 0.2) is 87.8 Å². The monoisotopic (exact) mass is 674 g/mol. The number of halogens is 2. The Kier molecular flexibility index (Phi) is 10.0. The standard InChI is InChI=1S/C34H28Br2O5/c1-21(2)26-19-31(41-34-28(35)16-24(17-29(34)36)18-32(37)40-4)27(20-30(26)39-3)33(38)25-12-8-11-23(15-25)14-13-22-9-6-5-7-10-22/h5-12,15-17,19-21H,18H2,1-4H3. The molecule has 0 N–H and O–H groups in total. The highest BCUT2D eigenvalue weighted by Gasteiger charge is 2.23. The Morgan fingerprint density at radius 2 is 1.46 bits per heavy atom. The molecule has 0 fully saturated rings. The zero-order valence-corrected chi connectivity index (χ0v) is 26.3. The summed E-state index contributed by atoms with van der Waals surface area (Å²) in [6.45, 7) is 4.09. The summed E-state index contributed by atoms with van der Waals surface area (Å²) in [5, 5.41) is 0. The average molecular weight is 676 g/mol. The van der Waals surface area contributed by atoms with E-state index in [1.807, 2.05) is 62.4 Å². The van der Waals surface area contributed by atoms with Crippen molar-refractivity contribution in [2.75, 3.05) is 14.2 Å². The summed E-state index contributed by atoms with van der Waals surface area (Å²) in [5.41, 5.74) is 4.07. The molecular weight excluding hydrogens is 648 g/mol. The number of ether oxygens (including phenoxy) is 3. The van der Waals surface area contributed by atoms with Crippen LogP contribution in [0, 0.1) is 11.8 Å². The minimum absolute atomic E-state index is 0.112. The minimum atomic E-state index is -0.349. The molecule has 0 aliphatic heterocycles. The first-order chi connectivity index (χ1) is 19.7. The summed E-state index contributed by atoms with van der Waals surface area (Å²) >= 11 is 7.13. The predicted octanol–water partition coefficient (Wildman–Crippen LogP) is 8.48. The molecule has 0 atom stereocenters.